The lowest BCUT2D eigenvalue weighted by Crippen LogP contribution is -2.36. The van der Waals surface area contributed by atoms with E-state index in [0.717, 1.165) is 19.6 Å². The van der Waals surface area contributed by atoms with E-state index in [0.29, 0.717) is 0 Å². The van der Waals surface area contributed by atoms with E-state index >= 15 is 0 Å². The number of nitrogens with zero attached hydrogens (tertiary/aromatic N) is 1. The quantitative estimate of drug-likeness (QED) is 0.276. The lowest BCUT2D eigenvalue weighted by Gasteiger charge is -2.16. The Kier molecular flexibility index (Phi) is 10.8. The summed E-state index contributed by atoms with van der Waals surface area (Å²) < 4.78 is 8.44. The molecule has 0 fully saturated rings. The van der Waals surface area contributed by atoms with Crippen LogP contribution in [0, 0.1) is 0 Å². The van der Waals surface area contributed by atoms with Crippen molar-refractivity contribution in [3.05, 3.63) is 66.0 Å². The summed E-state index contributed by atoms with van der Waals surface area (Å²) in [7, 11) is 0. The van der Waals surface area contributed by atoms with Gasteiger partial charge in [0, 0.05) is 18.7 Å². The van der Waals surface area contributed by atoms with Gasteiger partial charge in [-0.15, -0.1) is 0 Å². The highest BCUT2D eigenvalue weighted by Gasteiger charge is 2.17. The van der Waals surface area contributed by atoms with E-state index in [1.807, 2.05) is 0 Å². The average molecular weight is 369 g/mol. The molecule has 2 heteroatoms. The van der Waals surface area contributed by atoms with Gasteiger partial charge in [0.2, 0.25) is 0 Å². The number of hydrogen-bond acceptors (Lipinski definition) is 1. The molecule has 1 atom stereocenters. The largest absolute Gasteiger partial charge is 0.367 e. The summed E-state index contributed by atoms with van der Waals surface area (Å²) in [6, 6.07) is 15.3. The molecule has 2 rings (SSSR count). The summed E-state index contributed by atoms with van der Waals surface area (Å²) in [5.41, 5.74) is 2.74. The van der Waals surface area contributed by atoms with Gasteiger partial charge in [0.15, 0.2) is 18.9 Å². The van der Waals surface area contributed by atoms with Crippen LogP contribution in [0.5, 0.6) is 0 Å². The molecule has 0 saturated carbocycles. The van der Waals surface area contributed by atoms with Crippen LogP contribution in [0.1, 0.15) is 82.4 Å². The van der Waals surface area contributed by atoms with Crippen molar-refractivity contribution in [2.24, 2.45) is 0 Å². The van der Waals surface area contributed by atoms with Crippen LogP contribution in [-0.2, 0) is 17.7 Å². The van der Waals surface area contributed by atoms with E-state index in [2.05, 4.69) is 73.3 Å². The number of ether oxygens (including phenoxy) is 1. The number of pyridine rings is 1. The number of hydrogen-bond donors (Lipinski definition) is 0. The van der Waals surface area contributed by atoms with Gasteiger partial charge in [-0.25, -0.2) is 4.57 Å². The van der Waals surface area contributed by atoms with Crippen molar-refractivity contribution >= 4 is 0 Å². The minimum absolute atomic E-state index is 0.118. The number of benzene rings is 1. The average Bonchev–Trinajstić information content (AvgIpc) is 2.71. The Hall–Kier alpha value is -1.67. The standard InChI is InChI=1S/C25H38NO/c1-3-5-7-8-9-11-14-23-15-17-24(18-16-23)25(27-21-6-4-2)22-26-19-12-10-13-20-26/h10,12-13,15-20,25H,3-9,11,14,21-22H2,1-2H3/q+1. The van der Waals surface area contributed by atoms with Crippen molar-refractivity contribution in [3.8, 4) is 0 Å². The Morgan fingerprint density at radius 2 is 1.44 bits per heavy atom. The number of aryl methyl sites for hydroxylation is 1. The van der Waals surface area contributed by atoms with Gasteiger partial charge in [-0.3, -0.25) is 0 Å². The normalized spacial score (nSPS) is 12.2. The van der Waals surface area contributed by atoms with E-state index in [-0.39, 0.29) is 6.10 Å². The summed E-state index contributed by atoms with van der Waals surface area (Å²) >= 11 is 0. The molecular formula is C25H38NO+. The highest BCUT2D eigenvalue weighted by molar-refractivity contribution is 5.24. The van der Waals surface area contributed by atoms with Crippen LogP contribution >= 0.6 is 0 Å². The first-order valence-electron chi connectivity index (χ1n) is 11.0. The monoisotopic (exact) mass is 368 g/mol. The zero-order chi connectivity index (χ0) is 19.2. The second-order valence-electron chi connectivity index (χ2n) is 7.54. The first-order valence-corrected chi connectivity index (χ1v) is 11.0. The molecule has 1 aromatic heterocycles. The van der Waals surface area contributed by atoms with Crippen molar-refractivity contribution in [2.75, 3.05) is 6.61 Å². The van der Waals surface area contributed by atoms with Crippen LogP contribution in [0.2, 0.25) is 0 Å². The van der Waals surface area contributed by atoms with E-state index in [9.17, 15) is 0 Å². The Labute approximate surface area is 166 Å². The maximum absolute atomic E-state index is 6.23. The fourth-order valence-electron chi connectivity index (χ4n) is 3.38. The zero-order valence-corrected chi connectivity index (χ0v) is 17.4. The smallest absolute Gasteiger partial charge is 0.178 e. The molecular weight excluding hydrogens is 330 g/mol. The third-order valence-electron chi connectivity index (χ3n) is 5.14. The topological polar surface area (TPSA) is 13.1 Å². The van der Waals surface area contributed by atoms with Gasteiger partial charge in [0.05, 0.1) is 0 Å². The molecule has 0 spiro atoms. The predicted molar refractivity (Wildman–Crippen MR) is 114 cm³/mol. The third kappa shape index (κ3) is 8.71. The highest BCUT2D eigenvalue weighted by Crippen LogP contribution is 2.20. The van der Waals surface area contributed by atoms with Crippen LogP contribution in [-0.4, -0.2) is 6.61 Å². The lowest BCUT2D eigenvalue weighted by atomic mass is 10.0. The van der Waals surface area contributed by atoms with Crippen LogP contribution < -0.4 is 4.57 Å². The Morgan fingerprint density at radius 3 is 2.15 bits per heavy atom. The molecule has 0 saturated heterocycles. The first-order chi connectivity index (χ1) is 13.3. The molecule has 1 heterocycles. The molecule has 27 heavy (non-hydrogen) atoms. The second-order valence-corrected chi connectivity index (χ2v) is 7.54. The summed E-state index contributed by atoms with van der Waals surface area (Å²) in [6.45, 7) is 6.17. The maximum atomic E-state index is 6.23. The summed E-state index contributed by atoms with van der Waals surface area (Å²) in [5, 5.41) is 0. The number of aromatic nitrogens is 1. The van der Waals surface area contributed by atoms with Gasteiger partial charge in [0.1, 0.15) is 6.10 Å². The lowest BCUT2D eigenvalue weighted by molar-refractivity contribution is -0.705. The van der Waals surface area contributed by atoms with Gasteiger partial charge in [-0.1, -0.05) is 82.7 Å². The minimum atomic E-state index is 0.118. The molecule has 0 N–H and O–H groups in total. The van der Waals surface area contributed by atoms with E-state index in [4.69, 9.17) is 4.74 Å². The van der Waals surface area contributed by atoms with Crippen molar-refractivity contribution in [2.45, 2.75) is 84.3 Å². The van der Waals surface area contributed by atoms with Gasteiger partial charge < -0.3 is 4.74 Å². The third-order valence-corrected chi connectivity index (χ3v) is 5.14. The van der Waals surface area contributed by atoms with Gasteiger partial charge in [-0.05, 0) is 30.4 Å². The van der Waals surface area contributed by atoms with Crippen LogP contribution in [0.25, 0.3) is 0 Å². The molecule has 0 amide bonds. The summed E-state index contributed by atoms with van der Waals surface area (Å²) in [5.74, 6) is 0. The fraction of sp³-hybridized carbons (Fsp3) is 0.560. The zero-order valence-electron chi connectivity index (χ0n) is 17.4. The molecule has 2 nitrogen and oxygen atoms in total. The van der Waals surface area contributed by atoms with Crippen molar-refractivity contribution in [1.29, 1.82) is 0 Å². The fourth-order valence-corrected chi connectivity index (χ4v) is 3.38. The molecule has 0 aliphatic heterocycles. The summed E-state index contributed by atoms with van der Waals surface area (Å²) in [4.78, 5) is 0. The van der Waals surface area contributed by atoms with Crippen LogP contribution in [0.3, 0.4) is 0 Å². The summed E-state index contributed by atoms with van der Waals surface area (Å²) in [6.07, 6.45) is 16.0. The first kappa shape index (κ1) is 21.6. The molecule has 0 aliphatic carbocycles. The molecule has 1 aromatic carbocycles. The molecule has 1 unspecified atom stereocenters. The van der Waals surface area contributed by atoms with Gasteiger partial charge in [0.25, 0.3) is 0 Å². The number of rotatable bonds is 14. The Bertz CT molecular complexity index is 593. The Morgan fingerprint density at radius 1 is 0.778 bits per heavy atom. The molecule has 0 aliphatic rings. The van der Waals surface area contributed by atoms with E-state index in [1.54, 1.807) is 0 Å². The van der Waals surface area contributed by atoms with Crippen LogP contribution in [0.4, 0.5) is 0 Å². The minimum Gasteiger partial charge on any atom is -0.367 e. The molecule has 2 aromatic rings. The Balaban J connectivity index is 1.88. The van der Waals surface area contributed by atoms with E-state index < -0.39 is 0 Å². The van der Waals surface area contributed by atoms with Crippen LogP contribution in [0.15, 0.2) is 54.9 Å². The van der Waals surface area contributed by atoms with Gasteiger partial charge in [-0.2, -0.15) is 0 Å². The maximum Gasteiger partial charge on any atom is 0.178 e. The van der Waals surface area contributed by atoms with Crippen molar-refractivity contribution in [1.82, 2.24) is 0 Å². The van der Waals surface area contributed by atoms with E-state index in [1.165, 1.54) is 62.5 Å². The molecule has 0 radical (unpaired) electrons. The predicted octanol–water partition coefficient (Wildman–Crippen LogP) is 6.44. The van der Waals surface area contributed by atoms with Gasteiger partial charge >= 0.3 is 0 Å². The van der Waals surface area contributed by atoms with Crippen molar-refractivity contribution in [3.63, 3.8) is 0 Å². The molecule has 0 bridgehead atoms. The number of unbranched alkanes of at least 4 members (excludes halogenated alkanes) is 6. The second kappa shape index (κ2) is 13.5. The molecule has 148 valence electrons. The van der Waals surface area contributed by atoms with Crippen molar-refractivity contribution < 1.29 is 9.30 Å². The highest BCUT2D eigenvalue weighted by atomic mass is 16.5. The SMILES string of the molecule is CCCCCCCCc1ccc(C(C[n+]2ccccc2)OCCCC)cc1.